The Morgan fingerprint density at radius 3 is 2.03 bits per heavy atom. The van der Waals surface area contributed by atoms with Gasteiger partial charge in [0.1, 0.15) is 6.61 Å². The molecule has 2 saturated carbocycles. The number of aliphatic hydroxyl groups is 1. The van der Waals surface area contributed by atoms with Crippen LogP contribution in [0.3, 0.4) is 0 Å². The second kappa shape index (κ2) is 11.1. The molecule has 39 heavy (non-hydrogen) atoms. The minimum absolute atomic E-state index is 0.0618. The third kappa shape index (κ3) is 6.01. The summed E-state index contributed by atoms with van der Waals surface area (Å²) in [5.41, 5.74) is 0.741. The number of aliphatic hydroxyl groups excluding tert-OH is 1. The maximum absolute atomic E-state index is 13.4. The Kier molecular flexibility index (Phi) is 7.70. The molecule has 0 spiro atoms. The van der Waals surface area contributed by atoms with E-state index in [2.05, 4.69) is 15.1 Å². The van der Waals surface area contributed by atoms with Crippen molar-refractivity contribution in [3.8, 4) is 0 Å². The molecular weight excluding hydrogens is 543 g/mol. The highest BCUT2D eigenvalue weighted by Crippen LogP contribution is 2.44. The lowest BCUT2D eigenvalue weighted by Crippen LogP contribution is -2.55. The molecule has 6 rings (SSSR count). The van der Waals surface area contributed by atoms with E-state index in [9.17, 15) is 19.5 Å². The molecule has 3 aliphatic heterocycles. The van der Waals surface area contributed by atoms with Gasteiger partial charge in [-0.1, -0.05) is 23.2 Å². The first-order chi connectivity index (χ1) is 18.7. The smallest absolute Gasteiger partial charge is 0.407 e. The van der Waals surface area contributed by atoms with Crippen LogP contribution in [0.2, 0.25) is 10.0 Å². The molecule has 1 aromatic rings. The first kappa shape index (κ1) is 27.1. The molecule has 3 amide bonds. The fourth-order valence-corrected chi connectivity index (χ4v) is 8.16. The number of halogens is 2. The summed E-state index contributed by atoms with van der Waals surface area (Å²) < 4.78 is 5.37. The molecule has 1 aromatic carbocycles. The van der Waals surface area contributed by atoms with Crippen molar-refractivity contribution in [1.29, 1.82) is 0 Å². The molecule has 0 aromatic heterocycles. The Hall–Kier alpha value is -2.07. The lowest BCUT2D eigenvalue weighted by molar-refractivity contribution is -0.142. The summed E-state index contributed by atoms with van der Waals surface area (Å²) in [6.45, 7) is 4.74. The van der Waals surface area contributed by atoms with Crippen LogP contribution in [0.4, 0.5) is 4.79 Å². The zero-order valence-corrected chi connectivity index (χ0v) is 23.4. The third-order valence-electron chi connectivity index (χ3n) is 9.43. The first-order valence-corrected chi connectivity index (χ1v) is 14.8. The molecule has 212 valence electrons. The van der Waals surface area contributed by atoms with E-state index in [0.29, 0.717) is 59.3 Å². The fourth-order valence-electron chi connectivity index (χ4n) is 7.59. The number of carbonyl (C=O) groups excluding carboxylic acids is 3. The number of likely N-dealkylation sites (tertiary alicyclic amines) is 3. The van der Waals surface area contributed by atoms with Gasteiger partial charge in [0.25, 0.3) is 0 Å². The fraction of sp³-hybridized carbons (Fsp3) is 0.679. The molecule has 0 bridgehead atoms. The van der Waals surface area contributed by atoms with E-state index in [-0.39, 0.29) is 30.6 Å². The number of benzene rings is 1. The number of amides is 3. The second-order valence-electron chi connectivity index (χ2n) is 12.3. The molecule has 2 N–H and O–H groups in total. The molecule has 3 heterocycles. The minimum atomic E-state index is -0.445. The Bertz CT molecular complexity index is 1080. The average Bonchev–Trinajstić information content (AvgIpc) is 3.59. The van der Waals surface area contributed by atoms with Gasteiger partial charge in [0.2, 0.25) is 11.8 Å². The van der Waals surface area contributed by atoms with E-state index >= 15 is 0 Å². The first-order valence-electron chi connectivity index (χ1n) is 14.1. The second-order valence-corrected chi connectivity index (χ2v) is 13.1. The van der Waals surface area contributed by atoms with Gasteiger partial charge in [0.05, 0.1) is 12.6 Å². The Morgan fingerprint density at radius 2 is 1.44 bits per heavy atom. The van der Waals surface area contributed by atoms with Crippen molar-refractivity contribution in [3.63, 3.8) is 0 Å². The Labute approximate surface area is 238 Å². The molecule has 4 unspecified atom stereocenters. The van der Waals surface area contributed by atoms with E-state index in [1.165, 1.54) is 0 Å². The molecule has 9 nitrogen and oxygen atoms in total. The number of hydrogen-bond donors (Lipinski definition) is 2. The quantitative estimate of drug-likeness (QED) is 0.538. The predicted molar refractivity (Wildman–Crippen MR) is 145 cm³/mol. The number of ether oxygens (including phenoxy) is 1. The summed E-state index contributed by atoms with van der Waals surface area (Å²) in [4.78, 5) is 44.1. The van der Waals surface area contributed by atoms with Crippen molar-refractivity contribution in [3.05, 3.63) is 33.8 Å². The third-order valence-corrected chi connectivity index (χ3v) is 9.86. The van der Waals surface area contributed by atoms with Crippen LogP contribution in [0.5, 0.6) is 0 Å². The molecule has 4 atom stereocenters. The molecule has 11 heteroatoms. The summed E-state index contributed by atoms with van der Waals surface area (Å²) in [5.74, 6) is 2.27. The summed E-state index contributed by atoms with van der Waals surface area (Å²) >= 11 is 12.0. The number of nitrogens with one attached hydrogen (secondary N) is 1. The number of nitrogens with zero attached hydrogens (tertiary/aromatic N) is 3. The summed E-state index contributed by atoms with van der Waals surface area (Å²) in [5, 5.41) is 13.4. The van der Waals surface area contributed by atoms with Crippen LogP contribution in [0.15, 0.2) is 18.2 Å². The van der Waals surface area contributed by atoms with Crippen molar-refractivity contribution in [2.24, 2.45) is 29.6 Å². The average molecular weight is 580 g/mol. The standard InChI is InChI=1S/C28H36Cl2N4O5/c29-22-1-16(2-23(30)7-22)15-39-28(38)31-24-5-20-10-34(11-21(20)6-24)27(37)17-3-18-8-32(9-19(18)4-17)14-26(36)33-12-25(35)13-33/h1-2,7,17-21,24-25,35H,3-6,8-15H2,(H,31,38). The van der Waals surface area contributed by atoms with Crippen LogP contribution < -0.4 is 5.32 Å². The summed E-state index contributed by atoms with van der Waals surface area (Å²) in [6, 6.07) is 5.15. The number of carbonyl (C=O) groups is 3. The number of β-amino-alcohol motifs (C(OH)–C–C–N with tert-alkyl or cyclic N) is 1. The van der Waals surface area contributed by atoms with Crippen molar-refractivity contribution >= 4 is 41.1 Å². The monoisotopic (exact) mass is 578 g/mol. The van der Waals surface area contributed by atoms with Crippen LogP contribution in [-0.2, 0) is 20.9 Å². The largest absolute Gasteiger partial charge is 0.445 e. The van der Waals surface area contributed by atoms with Gasteiger partial charge >= 0.3 is 6.09 Å². The van der Waals surface area contributed by atoms with Gasteiger partial charge in [0, 0.05) is 61.3 Å². The van der Waals surface area contributed by atoms with Crippen molar-refractivity contribution in [1.82, 2.24) is 20.0 Å². The molecule has 0 radical (unpaired) electrons. The topological polar surface area (TPSA) is 102 Å². The predicted octanol–water partition coefficient (Wildman–Crippen LogP) is 2.62. The van der Waals surface area contributed by atoms with Crippen LogP contribution >= 0.6 is 23.2 Å². The lowest BCUT2D eigenvalue weighted by Gasteiger charge is -2.36. The summed E-state index contributed by atoms with van der Waals surface area (Å²) in [7, 11) is 0. The number of rotatable bonds is 6. The summed E-state index contributed by atoms with van der Waals surface area (Å²) in [6.07, 6.45) is 2.74. The van der Waals surface area contributed by atoms with Gasteiger partial charge in [-0.3, -0.25) is 14.5 Å². The van der Waals surface area contributed by atoms with Crippen molar-refractivity contribution in [2.75, 3.05) is 45.8 Å². The van der Waals surface area contributed by atoms with E-state index in [1.807, 2.05) is 0 Å². The Balaban J connectivity index is 0.908. The van der Waals surface area contributed by atoms with E-state index in [0.717, 1.165) is 57.4 Å². The maximum atomic E-state index is 13.4. The van der Waals surface area contributed by atoms with Crippen LogP contribution in [-0.4, -0.2) is 95.7 Å². The minimum Gasteiger partial charge on any atom is -0.445 e. The molecular formula is C28H36Cl2N4O5. The van der Waals surface area contributed by atoms with Gasteiger partial charge in [-0.2, -0.15) is 0 Å². The molecule has 2 aliphatic carbocycles. The van der Waals surface area contributed by atoms with Gasteiger partial charge in [-0.15, -0.1) is 0 Å². The van der Waals surface area contributed by atoms with E-state index in [4.69, 9.17) is 27.9 Å². The van der Waals surface area contributed by atoms with Crippen LogP contribution in [0.25, 0.3) is 0 Å². The SMILES string of the molecule is O=C(NC1CC2CN(C(=O)C3CC4CN(CC(=O)N5CC(O)C5)CC4C3)CC2C1)OCc1cc(Cl)cc(Cl)c1. The van der Waals surface area contributed by atoms with Crippen molar-refractivity contribution < 1.29 is 24.2 Å². The van der Waals surface area contributed by atoms with Crippen molar-refractivity contribution in [2.45, 2.75) is 44.4 Å². The number of alkyl carbamates (subject to hydrolysis) is 1. The maximum Gasteiger partial charge on any atom is 0.407 e. The zero-order valence-electron chi connectivity index (χ0n) is 21.9. The highest BCUT2D eigenvalue weighted by atomic mass is 35.5. The molecule has 5 fully saturated rings. The highest BCUT2D eigenvalue weighted by Gasteiger charge is 2.48. The van der Waals surface area contributed by atoms with Gasteiger partial charge in [0.15, 0.2) is 0 Å². The highest BCUT2D eigenvalue weighted by molar-refractivity contribution is 6.34. The van der Waals surface area contributed by atoms with E-state index in [1.54, 1.807) is 23.1 Å². The van der Waals surface area contributed by atoms with Gasteiger partial charge < -0.3 is 25.0 Å². The normalized spacial score (nSPS) is 32.2. The molecule has 3 saturated heterocycles. The van der Waals surface area contributed by atoms with E-state index < -0.39 is 6.09 Å². The zero-order chi connectivity index (χ0) is 27.3. The lowest BCUT2D eigenvalue weighted by atomic mass is 10.0. The number of fused-ring (bicyclic) bond motifs is 2. The number of hydrogen-bond acceptors (Lipinski definition) is 6. The van der Waals surface area contributed by atoms with Crippen LogP contribution in [0.1, 0.15) is 31.2 Å². The molecule has 5 aliphatic rings. The van der Waals surface area contributed by atoms with Gasteiger partial charge in [-0.25, -0.2) is 4.79 Å². The van der Waals surface area contributed by atoms with Crippen LogP contribution in [0, 0.1) is 29.6 Å². The Morgan fingerprint density at radius 1 is 0.846 bits per heavy atom. The van der Waals surface area contributed by atoms with Gasteiger partial charge in [-0.05, 0) is 73.1 Å².